The summed E-state index contributed by atoms with van der Waals surface area (Å²) in [6.07, 6.45) is 13.4. The average molecular weight is 281 g/mol. The molecule has 114 valence electrons. The molecule has 20 heavy (non-hydrogen) atoms. The molecule has 0 aliphatic carbocycles. The van der Waals surface area contributed by atoms with Crippen molar-refractivity contribution >= 4 is 11.9 Å². The molecule has 1 rings (SSSR count). The number of ether oxygens (including phenoxy) is 1. The van der Waals surface area contributed by atoms with E-state index in [-0.39, 0.29) is 11.9 Å². The first kappa shape index (κ1) is 16.7. The Kier molecular flexibility index (Phi) is 8.76. The number of carbonyl (C=O) groups is 2. The zero-order valence-electron chi connectivity index (χ0n) is 12.5. The van der Waals surface area contributed by atoms with Crippen LogP contribution < -0.4 is 5.32 Å². The fourth-order valence-electron chi connectivity index (χ4n) is 2.18. The molecule has 0 spiro atoms. The third kappa shape index (κ3) is 7.31. The molecule has 1 aliphatic heterocycles. The van der Waals surface area contributed by atoms with E-state index in [2.05, 4.69) is 24.4 Å². The van der Waals surface area contributed by atoms with E-state index >= 15 is 0 Å². The number of unbranched alkanes of at least 4 members (excludes halogenated alkanes) is 5. The van der Waals surface area contributed by atoms with Gasteiger partial charge >= 0.3 is 5.97 Å². The van der Waals surface area contributed by atoms with Gasteiger partial charge < -0.3 is 10.1 Å². The van der Waals surface area contributed by atoms with E-state index in [0.29, 0.717) is 19.4 Å². The predicted molar refractivity (Wildman–Crippen MR) is 79.3 cm³/mol. The fraction of sp³-hybridized carbons (Fsp3) is 0.750. The quantitative estimate of drug-likeness (QED) is 0.380. The van der Waals surface area contributed by atoms with Gasteiger partial charge in [-0.15, -0.1) is 0 Å². The van der Waals surface area contributed by atoms with Crippen LogP contribution in [0.15, 0.2) is 12.2 Å². The number of amides is 1. The summed E-state index contributed by atoms with van der Waals surface area (Å²) in [6.45, 7) is 2.65. The minimum absolute atomic E-state index is 0.0527. The molecule has 0 aromatic heterocycles. The maximum absolute atomic E-state index is 11.6. The van der Waals surface area contributed by atoms with Crippen molar-refractivity contribution in [1.29, 1.82) is 0 Å². The molecule has 0 saturated carbocycles. The highest BCUT2D eigenvalue weighted by Gasteiger charge is 2.28. The van der Waals surface area contributed by atoms with Crippen LogP contribution in [0.3, 0.4) is 0 Å². The second-order valence-corrected chi connectivity index (χ2v) is 5.29. The Bertz CT molecular complexity index is 326. The van der Waals surface area contributed by atoms with Gasteiger partial charge in [0.2, 0.25) is 5.91 Å². The molecule has 4 nitrogen and oxygen atoms in total. The van der Waals surface area contributed by atoms with Crippen molar-refractivity contribution < 1.29 is 14.3 Å². The zero-order chi connectivity index (χ0) is 14.6. The first-order valence-corrected chi connectivity index (χ1v) is 7.85. The first-order valence-electron chi connectivity index (χ1n) is 7.85. The summed E-state index contributed by atoms with van der Waals surface area (Å²) >= 11 is 0. The molecule has 0 radical (unpaired) electrons. The number of hydrogen-bond donors (Lipinski definition) is 1. The lowest BCUT2D eigenvalue weighted by Crippen LogP contribution is -2.34. The van der Waals surface area contributed by atoms with Crippen LogP contribution in [-0.4, -0.2) is 24.5 Å². The van der Waals surface area contributed by atoms with Gasteiger partial charge in [-0.2, -0.15) is 0 Å². The van der Waals surface area contributed by atoms with E-state index in [1.54, 1.807) is 0 Å². The monoisotopic (exact) mass is 281 g/mol. The Morgan fingerprint density at radius 2 is 2.00 bits per heavy atom. The third-order valence-corrected chi connectivity index (χ3v) is 3.41. The number of allylic oxidation sites excluding steroid dienone is 2. The normalized spacial score (nSPS) is 18.4. The van der Waals surface area contributed by atoms with Crippen LogP contribution in [-0.2, 0) is 14.3 Å². The summed E-state index contributed by atoms with van der Waals surface area (Å²) in [7, 11) is 0. The van der Waals surface area contributed by atoms with Crippen LogP contribution in [0.4, 0.5) is 0 Å². The van der Waals surface area contributed by atoms with Crippen LogP contribution in [0.1, 0.15) is 64.7 Å². The highest BCUT2D eigenvalue weighted by Crippen LogP contribution is 2.09. The molecule has 1 N–H and O–H groups in total. The van der Waals surface area contributed by atoms with Gasteiger partial charge in [0.1, 0.15) is 6.04 Å². The van der Waals surface area contributed by atoms with Crippen LogP contribution in [0.5, 0.6) is 0 Å². The topological polar surface area (TPSA) is 55.4 Å². The summed E-state index contributed by atoms with van der Waals surface area (Å²) in [6, 6.07) is -0.411. The van der Waals surface area contributed by atoms with Gasteiger partial charge in [-0.3, -0.25) is 4.79 Å². The highest BCUT2D eigenvalue weighted by atomic mass is 16.5. The molecule has 1 amide bonds. The van der Waals surface area contributed by atoms with Crippen LogP contribution >= 0.6 is 0 Å². The standard InChI is InChI=1S/C16H27NO3/c1-2-3-4-5-6-7-8-9-10-13-20-16(19)14-11-12-15(18)17-14/h4-5,14H,2-3,6-13H2,1H3,(H,17,18)/b5-4+/t14-/m0/s1. The van der Waals surface area contributed by atoms with Gasteiger partial charge in [0.15, 0.2) is 0 Å². The molecule has 0 aromatic rings. The summed E-state index contributed by atoms with van der Waals surface area (Å²) in [5.74, 6) is -0.332. The van der Waals surface area contributed by atoms with Gasteiger partial charge in [-0.05, 0) is 32.1 Å². The number of nitrogens with one attached hydrogen (secondary N) is 1. The second-order valence-electron chi connectivity index (χ2n) is 5.29. The summed E-state index contributed by atoms with van der Waals surface area (Å²) in [5, 5.41) is 2.62. The van der Waals surface area contributed by atoms with Gasteiger partial charge in [0, 0.05) is 6.42 Å². The fourth-order valence-corrected chi connectivity index (χ4v) is 2.18. The maximum Gasteiger partial charge on any atom is 0.328 e. The SMILES string of the molecule is CCC/C=C/CCCCCCOC(=O)[C@@H]1CCC(=O)N1. The van der Waals surface area contributed by atoms with Crippen LogP contribution in [0.2, 0.25) is 0 Å². The van der Waals surface area contributed by atoms with Crippen LogP contribution in [0, 0.1) is 0 Å². The molecule has 4 heteroatoms. The molecule has 1 atom stereocenters. The van der Waals surface area contributed by atoms with E-state index < -0.39 is 6.04 Å². The average Bonchev–Trinajstić information content (AvgIpc) is 2.87. The lowest BCUT2D eigenvalue weighted by Gasteiger charge is -2.09. The van der Waals surface area contributed by atoms with Crippen molar-refractivity contribution in [3.63, 3.8) is 0 Å². The Hall–Kier alpha value is -1.32. The van der Waals surface area contributed by atoms with Crippen molar-refractivity contribution in [3.8, 4) is 0 Å². The number of esters is 1. The maximum atomic E-state index is 11.6. The Labute approximate surface area is 122 Å². The number of hydrogen-bond acceptors (Lipinski definition) is 3. The van der Waals surface area contributed by atoms with Gasteiger partial charge in [-0.25, -0.2) is 4.79 Å². The molecular formula is C16H27NO3. The van der Waals surface area contributed by atoms with E-state index in [4.69, 9.17) is 4.74 Å². The summed E-state index contributed by atoms with van der Waals surface area (Å²) in [5.41, 5.74) is 0. The van der Waals surface area contributed by atoms with Gasteiger partial charge in [-0.1, -0.05) is 38.3 Å². The molecule has 0 unspecified atom stereocenters. The predicted octanol–water partition coefficient (Wildman–Crippen LogP) is 3.12. The molecule has 0 bridgehead atoms. The molecule has 1 saturated heterocycles. The summed E-state index contributed by atoms with van der Waals surface area (Å²) < 4.78 is 5.17. The molecular weight excluding hydrogens is 254 g/mol. The van der Waals surface area contributed by atoms with Gasteiger partial charge in [0.05, 0.1) is 6.61 Å². The molecule has 1 heterocycles. The molecule has 0 aromatic carbocycles. The van der Waals surface area contributed by atoms with E-state index in [1.807, 2.05) is 0 Å². The largest absolute Gasteiger partial charge is 0.464 e. The van der Waals surface area contributed by atoms with Gasteiger partial charge in [0.25, 0.3) is 0 Å². The van der Waals surface area contributed by atoms with Crippen molar-refractivity contribution in [3.05, 3.63) is 12.2 Å². The highest BCUT2D eigenvalue weighted by molar-refractivity contribution is 5.87. The van der Waals surface area contributed by atoms with E-state index in [9.17, 15) is 9.59 Å². The van der Waals surface area contributed by atoms with E-state index in [0.717, 1.165) is 19.3 Å². The number of rotatable bonds is 10. The summed E-state index contributed by atoms with van der Waals surface area (Å²) in [4.78, 5) is 22.6. The minimum atomic E-state index is -0.411. The first-order chi connectivity index (χ1) is 9.74. The third-order valence-electron chi connectivity index (χ3n) is 3.41. The molecule has 1 aliphatic rings. The molecule has 1 fully saturated rings. The van der Waals surface area contributed by atoms with Crippen molar-refractivity contribution in [2.24, 2.45) is 0 Å². The lowest BCUT2D eigenvalue weighted by molar-refractivity contribution is -0.146. The Morgan fingerprint density at radius 3 is 2.70 bits per heavy atom. The second kappa shape index (κ2) is 10.5. The zero-order valence-corrected chi connectivity index (χ0v) is 12.5. The Morgan fingerprint density at radius 1 is 1.25 bits per heavy atom. The van der Waals surface area contributed by atoms with Crippen molar-refractivity contribution in [1.82, 2.24) is 5.32 Å². The minimum Gasteiger partial charge on any atom is -0.464 e. The van der Waals surface area contributed by atoms with Crippen molar-refractivity contribution in [2.75, 3.05) is 6.61 Å². The smallest absolute Gasteiger partial charge is 0.328 e. The van der Waals surface area contributed by atoms with Crippen LogP contribution in [0.25, 0.3) is 0 Å². The van der Waals surface area contributed by atoms with E-state index in [1.165, 1.54) is 25.7 Å². The van der Waals surface area contributed by atoms with Crippen molar-refractivity contribution in [2.45, 2.75) is 70.8 Å². The number of carbonyl (C=O) groups excluding carboxylic acids is 2. The Balaban J connectivity index is 1.89. The lowest BCUT2D eigenvalue weighted by atomic mass is 10.1.